The number of nitrogens with zero attached hydrogens (tertiary/aromatic N) is 5. The van der Waals surface area contributed by atoms with Gasteiger partial charge in [0.25, 0.3) is 5.56 Å². The molecular formula is C26H27N5O. The minimum absolute atomic E-state index is 0.0493. The summed E-state index contributed by atoms with van der Waals surface area (Å²) in [6, 6.07) is 14.1. The topological polar surface area (TPSA) is 65.6 Å². The molecule has 3 heterocycles. The number of hydrogen-bond donors (Lipinski definition) is 0. The Labute approximate surface area is 186 Å². The van der Waals surface area contributed by atoms with Crippen LogP contribution in [0.3, 0.4) is 0 Å². The number of aromatic nitrogens is 5. The van der Waals surface area contributed by atoms with Crippen LogP contribution in [0.1, 0.15) is 37.2 Å². The standard InChI is InChI=1S/C26H27N5O/c1-15(2)12-13-30-18(5)27-24-22(26(30)32)23-25(29-20-9-7-6-8-19(20)28-23)31(24)21-14-16(3)10-11-17(21)4/h6-11,14-15H,12-13H2,1-5H3. The summed E-state index contributed by atoms with van der Waals surface area (Å²) in [4.78, 5) is 28.5. The third-order valence-electron chi connectivity index (χ3n) is 6.09. The van der Waals surface area contributed by atoms with Crippen LogP contribution < -0.4 is 5.56 Å². The predicted octanol–water partition coefficient (Wildman–Crippen LogP) is 5.25. The molecule has 5 aromatic rings. The fraction of sp³-hybridized carbons (Fsp3) is 0.308. The van der Waals surface area contributed by atoms with E-state index in [2.05, 4.69) is 45.9 Å². The summed E-state index contributed by atoms with van der Waals surface area (Å²) in [5.41, 5.74) is 6.61. The minimum Gasteiger partial charge on any atom is -0.296 e. The van der Waals surface area contributed by atoms with Gasteiger partial charge in [0, 0.05) is 6.54 Å². The number of aryl methyl sites for hydroxylation is 3. The third-order valence-corrected chi connectivity index (χ3v) is 6.09. The molecule has 0 saturated carbocycles. The van der Waals surface area contributed by atoms with Gasteiger partial charge < -0.3 is 0 Å². The molecule has 0 aliphatic carbocycles. The molecule has 162 valence electrons. The van der Waals surface area contributed by atoms with Gasteiger partial charge in [0.1, 0.15) is 16.7 Å². The van der Waals surface area contributed by atoms with E-state index in [0.717, 1.165) is 34.3 Å². The summed E-state index contributed by atoms with van der Waals surface area (Å²) < 4.78 is 3.79. The van der Waals surface area contributed by atoms with Gasteiger partial charge >= 0.3 is 0 Å². The van der Waals surface area contributed by atoms with E-state index in [-0.39, 0.29) is 5.56 Å². The lowest BCUT2D eigenvalue weighted by Gasteiger charge is -2.13. The van der Waals surface area contributed by atoms with Crippen molar-refractivity contribution in [3.8, 4) is 5.69 Å². The molecule has 6 nitrogen and oxygen atoms in total. The lowest BCUT2D eigenvalue weighted by molar-refractivity contribution is 0.498. The van der Waals surface area contributed by atoms with Crippen molar-refractivity contribution in [1.29, 1.82) is 0 Å². The first kappa shape index (κ1) is 20.4. The first-order chi connectivity index (χ1) is 15.3. The van der Waals surface area contributed by atoms with E-state index in [9.17, 15) is 4.79 Å². The molecule has 0 atom stereocenters. The first-order valence-electron chi connectivity index (χ1n) is 11.1. The number of fused-ring (bicyclic) bond motifs is 4. The Morgan fingerprint density at radius 1 is 0.906 bits per heavy atom. The molecule has 0 fully saturated rings. The summed E-state index contributed by atoms with van der Waals surface area (Å²) >= 11 is 0. The Balaban J connectivity index is 1.96. The van der Waals surface area contributed by atoms with Crippen molar-refractivity contribution in [2.45, 2.75) is 47.6 Å². The number of para-hydroxylation sites is 2. The molecule has 0 aliphatic heterocycles. The van der Waals surface area contributed by atoms with Crippen molar-refractivity contribution in [3.05, 3.63) is 69.8 Å². The second-order valence-corrected chi connectivity index (χ2v) is 9.01. The van der Waals surface area contributed by atoms with Crippen LogP contribution in [0, 0.1) is 26.7 Å². The van der Waals surface area contributed by atoms with Crippen molar-refractivity contribution in [2.75, 3.05) is 0 Å². The van der Waals surface area contributed by atoms with E-state index in [1.165, 1.54) is 0 Å². The molecule has 32 heavy (non-hydrogen) atoms. The van der Waals surface area contributed by atoms with Crippen molar-refractivity contribution in [1.82, 2.24) is 24.1 Å². The van der Waals surface area contributed by atoms with Gasteiger partial charge in [-0.2, -0.15) is 0 Å². The van der Waals surface area contributed by atoms with Crippen LogP contribution in [0.15, 0.2) is 47.3 Å². The Hall–Kier alpha value is -3.54. The summed E-state index contributed by atoms with van der Waals surface area (Å²) in [5.74, 6) is 1.21. The van der Waals surface area contributed by atoms with Crippen LogP contribution >= 0.6 is 0 Å². The van der Waals surface area contributed by atoms with Gasteiger partial charge in [-0.05, 0) is 62.4 Å². The Morgan fingerprint density at radius 2 is 1.62 bits per heavy atom. The molecule has 2 aromatic carbocycles. The minimum atomic E-state index is -0.0493. The molecule has 6 heteroatoms. The van der Waals surface area contributed by atoms with Crippen LogP contribution in [0.4, 0.5) is 0 Å². The van der Waals surface area contributed by atoms with Crippen LogP contribution in [-0.2, 0) is 6.54 Å². The molecule has 0 saturated heterocycles. The van der Waals surface area contributed by atoms with Crippen LogP contribution in [-0.4, -0.2) is 24.1 Å². The summed E-state index contributed by atoms with van der Waals surface area (Å²) in [6.07, 6.45) is 0.915. The average Bonchev–Trinajstić information content (AvgIpc) is 3.06. The molecule has 0 bridgehead atoms. The monoisotopic (exact) mass is 425 g/mol. The molecule has 0 aliphatic rings. The molecule has 0 spiro atoms. The SMILES string of the molecule is Cc1ccc(C)c(-n2c3nc4ccccc4nc3c3c(=O)n(CCC(C)C)c(C)nc32)c1. The molecule has 3 aromatic heterocycles. The zero-order valence-electron chi connectivity index (χ0n) is 19.2. The van der Waals surface area contributed by atoms with E-state index in [1.807, 2.05) is 35.8 Å². The van der Waals surface area contributed by atoms with Crippen LogP contribution in [0.2, 0.25) is 0 Å². The molecule has 0 radical (unpaired) electrons. The summed E-state index contributed by atoms with van der Waals surface area (Å²) in [7, 11) is 0. The molecule has 0 amide bonds. The van der Waals surface area contributed by atoms with E-state index in [1.54, 1.807) is 4.57 Å². The Bertz CT molecular complexity index is 1560. The van der Waals surface area contributed by atoms with Crippen LogP contribution in [0.5, 0.6) is 0 Å². The van der Waals surface area contributed by atoms with E-state index < -0.39 is 0 Å². The van der Waals surface area contributed by atoms with E-state index in [0.29, 0.717) is 40.5 Å². The highest BCUT2D eigenvalue weighted by Crippen LogP contribution is 2.30. The quantitative estimate of drug-likeness (QED) is 0.394. The number of rotatable bonds is 4. The lowest BCUT2D eigenvalue weighted by Crippen LogP contribution is -2.24. The van der Waals surface area contributed by atoms with Crippen molar-refractivity contribution in [3.63, 3.8) is 0 Å². The van der Waals surface area contributed by atoms with Crippen molar-refractivity contribution >= 4 is 33.2 Å². The number of benzene rings is 2. The van der Waals surface area contributed by atoms with Crippen molar-refractivity contribution in [2.24, 2.45) is 5.92 Å². The smallest absolute Gasteiger partial charge is 0.265 e. The normalized spacial score (nSPS) is 11.9. The zero-order chi connectivity index (χ0) is 22.6. The van der Waals surface area contributed by atoms with E-state index in [4.69, 9.17) is 15.0 Å². The molecule has 5 rings (SSSR count). The highest BCUT2D eigenvalue weighted by Gasteiger charge is 2.23. The largest absolute Gasteiger partial charge is 0.296 e. The highest BCUT2D eigenvalue weighted by molar-refractivity contribution is 6.06. The van der Waals surface area contributed by atoms with Gasteiger partial charge in [0.05, 0.1) is 16.7 Å². The molecule has 0 N–H and O–H groups in total. The lowest BCUT2D eigenvalue weighted by atomic mass is 10.1. The highest BCUT2D eigenvalue weighted by atomic mass is 16.1. The Kier molecular flexibility index (Phi) is 4.81. The van der Waals surface area contributed by atoms with Crippen LogP contribution in [0.25, 0.3) is 38.9 Å². The van der Waals surface area contributed by atoms with Gasteiger partial charge in [-0.25, -0.2) is 15.0 Å². The average molecular weight is 426 g/mol. The van der Waals surface area contributed by atoms with Gasteiger partial charge in [0.2, 0.25) is 0 Å². The molecular weight excluding hydrogens is 398 g/mol. The van der Waals surface area contributed by atoms with Gasteiger partial charge in [-0.1, -0.05) is 38.1 Å². The van der Waals surface area contributed by atoms with E-state index >= 15 is 0 Å². The number of hydrogen-bond acceptors (Lipinski definition) is 4. The molecule has 0 unspecified atom stereocenters. The second-order valence-electron chi connectivity index (χ2n) is 9.01. The first-order valence-corrected chi connectivity index (χ1v) is 11.1. The maximum Gasteiger partial charge on any atom is 0.265 e. The fourth-order valence-electron chi connectivity index (χ4n) is 4.27. The van der Waals surface area contributed by atoms with Gasteiger partial charge in [-0.15, -0.1) is 0 Å². The maximum atomic E-state index is 13.8. The fourth-order valence-corrected chi connectivity index (χ4v) is 4.27. The summed E-state index contributed by atoms with van der Waals surface area (Å²) in [6.45, 7) is 11.0. The second kappa shape index (κ2) is 7.55. The van der Waals surface area contributed by atoms with Gasteiger partial charge in [-0.3, -0.25) is 13.9 Å². The predicted molar refractivity (Wildman–Crippen MR) is 130 cm³/mol. The summed E-state index contributed by atoms with van der Waals surface area (Å²) in [5, 5.41) is 0.536. The maximum absolute atomic E-state index is 13.8. The van der Waals surface area contributed by atoms with Crippen molar-refractivity contribution < 1.29 is 0 Å². The van der Waals surface area contributed by atoms with Gasteiger partial charge in [0.15, 0.2) is 11.3 Å². The zero-order valence-corrected chi connectivity index (χ0v) is 19.2. The third kappa shape index (κ3) is 3.18. The Morgan fingerprint density at radius 3 is 2.34 bits per heavy atom.